The Hall–Kier alpha value is -1.52. The Balaban J connectivity index is 1.72. The van der Waals surface area contributed by atoms with Crippen LogP contribution in [0.4, 0.5) is 0 Å². The predicted octanol–water partition coefficient (Wildman–Crippen LogP) is 2.32. The Kier molecular flexibility index (Phi) is 3.21. The maximum atomic E-state index is 5.77. The lowest BCUT2D eigenvalue weighted by Crippen LogP contribution is -2.28. The third-order valence-electron chi connectivity index (χ3n) is 3.27. The van der Waals surface area contributed by atoms with Crippen molar-refractivity contribution in [2.75, 3.05) is 20.3 Å². The molecule has 2 heterocycles. The molecule has 0 spiro atoms. The van der Waals surface area contributed by atoms with Crippen molar-refractivity contribution in [2.45, 2.75) is 19.0 Å². The number of hydrogen-bond donors (Lipinski definition) is 1. The summed E-state index contributed by atoms with van der Waals surface area (Å²) in [6, 6.07) is 8.35. The first-order chi connectivity index (χ1) is 8.85. The van der Waals surface area contributed by atoms with Crippen LogP contribution in [0.3, 0.4) is 0 Å². The van der Waals surface area contributed by atoms with Gasteiger partial charge in [-0.05, 0) is 30.7 Å². The van der Waals surface area contributed by atoms with E-state index in [9.17, 15) is 0 Å². The average molecular weight is 247 g/mol. The van der Waals surface area contributed by atoms with Gasteiger partial charge in [-0.2, -0.15) is 0 Å². The molecule has 1 aliphatic rings. The zero-order valence-electron chi connectivity index (χ0n) is 10.4. The lowest BCUT2D eigenvalue weighted by molar-refractivity contribution is 0.189. The summed E-state index contributed by atoms with van der Waals surface area (Å²) >= 11 is 0. The Morgan fingerprint density at radius 1 is 1.39 bits per heavy atom. The summed E-state index contributed by atoms with van der Waals surface area (Å²) in [7, 11) is 1.67. The highest BCUT2D eigenvalue weighted by molar-refractivity contribution is 5.79. The standard InChI is InChI=1S/C14H17NO3/c1-16-12-2-3-14-10(6-12)7-13(18-14)8-15-11-4-5-17-9-11/h2-3,6-7,11,15H,4-5,8-9H2,1H3/t11-/m0/s1. The molecule has 0 amide bonds. The normalized spacial score (nSPS) is 19.5. The van der Waals surface area contributed by atoms with E-state index in [0.717, 1.165) is 48.7 Å². The van der Waals surface area contributed by atoms with Gasteiger partial charge >= 0.3 is 0 Å². The number of nitrogens with one attached hydrogen (secondary N) is 1. The molecule has 0 radical (unpaired) electrons. The molecule has 1 aliphatic heterocycles. The Morgan fingerprint density at radius 3 is 3.11 bits per heavy atom. The number of hydrogen-bond acceptors (Lipinski definition) is 4. The van der Waals surface area contributed by atoms with Crippen molar-refractivity contribution in [2.24, 2.45) is 0 Å². The molecule has 2 aromatic rings. The maximum absolute atomic E-state index is 5.77. The molecule has 1 aromatic heterocycles. The second-order valence-corrected chi connectivity index (χ2v) is 4.56. The van der Waals surface area contributed by atoms with Gasteiger partial charge in [0.1, 0.15) is 17.1 Å². The molecule has 1 aromatic carbocycles. The number of methoxy groups -OCH3 is 1. The summed E-state index contributed by atoms with van der Waals surface area (Å²) in [5.74, 6) is 1.80. The van der Waals surface area contributed by atoms with E-state index in [0.29, 0.717) is 6.04 Å². The minimum absolute atomic E-state index is 0.452. The van der Waals surface area contributed by atoms with Crippen LogP contribution in [0.25, 0.3) is 11.0 Å². The van der Waals surface area contributed by atoms with Crippen LogP contribution in [0.1, 0.15) is 12.2 Å². The van der Waals surface area contributed by atoms with E-state index in [1.807, 2.05) is 18.2 Å². The van der Waals surface area contributed by atoms with Crippen molar-refractivity contribution in [3.05, 3.63) is 30.0 Å². The first kappa shape index (κ1) is 11.6. The Morgan fingerprint density at radius 2 is 2.33 bits per heavy atom. The molecule has 0 saturated carbocycles. The van der Waals surface area contributed by atoms with Gasteiger partial charge in [-0.25, -0.2) is 0 Å². The van der Waals surface area contributed by atoms with Crippen LogP contribution in [0.5, 0.6) is 5.75 Å². The van der Waals surface area contributed by atoms with Crippen molar-refractivity contribution in [3.63, 3.8) is 0 Å². The van der Waals surface area contributed by atoms with E-state index in [-0.39, 0.29) is 0 Å². The fourth-order valence-corrected chi connectivity index (χ4v) is 2.23. The third kappa shape index (κ3) is 2.35. The molecule has 1 N–H and O–H groups in total. The highest BCUT2D eigenvalue weighted by Gasteiger charge is 2.15. The van der Waals surface area contributed by atoms with Crippen LogP contribution in [0.15, 0.2) is 28.7 Å². The van der Waals surface area contributed by atoms with Crippen molar-refractivity contribution < 1.29 is 13.9 Å². The van der Waals surface area contributed by atoms with Crippen molar-refractivity contribution in [1.82, 2.24) is 5.32 Å². The van der Waals surface area contributed by atoms with Gasteiger partial charge in [0.15, 0.2) is 0 Å². The molecule has 4 nitrogen and oxygen atoms in total. The van der Waals surface area contributed by atoms with E-state index in [1.54, 1.807) is 7.11 Å². The van der Waals surface area contributed by atoms with Gasteiger partial charge in [0.05, 0.1) is 20.3 Å². The van der Waals surface area contributed by atoms with Gasteiger partial charge in [-0.3, -0.25) is 0 Å². The van der Waals surface area contributed by atoms with Gasteiger partial charge < -0.3 is 19.2 Å². The third-order valence-corrected chi connectivity index (χ3v) is 3.27. The first-order valence-corrected chi connectivity index (χ1v) is 6.23. The Labute approximate surface area is 106 Å². The molecule has 96 valence electrons. The summed E-state index contributed by atoms with van der Waals surface area (Å²) in [5.41, 5.74) is 0.898. The molecule has 3 rings (SSSR count). The molecular weight excluding hydrogens is 230 g/mol. The molecular formula is C14H17NO3. The van der Waals surface area contributed by atoms with Gasteiger partial charge in [0.25, 0.3) is 0 Å². The van der Waals surface area contributed by atoms with Crippen LogP contribution in [0.2, 0.25) is 0 Å². The zero-order valence-corrected chi connectivity index (χ0v) is 10.4. The van der Waals surface area contributed by atoms with Crippen molar-refractivity contribution in [3.8, 4) is 5.75 Å². The number of furan rings is 1. The lowest BCUT2D eigenvalue weighted by Gasteiger charge is -2.07. The fourth-order valence-electron chi connectivity index (χ4n) is 2.23. The molecule has 0 bridgehead atoms. The van der Waals surface area contributed by atoms with Crippen LogP contribution in [0, 0.1) is 0 Å². The van der Waals surface area contributed by atoms with Crippen molar-refractivity contribution >= 4 is 11.0 Å². The van der Waals surface area contributed by atoms with Crippen LogP contribution >= 0.6 is 0 Å². The van der Waals surface area contributed by atoms with Crippen LogP contribution in [-0.2, 0) is 11.3 Å². The highest BCUT2D eigenvalue weighted by Crippen LogP contribution is 2.24. The molecule has 1 fully saturated rings. The fraction of sp³-hybridized carbons (Fsp3) is 0.429. The van der Waals surface area contributed by atoms with E-state index >= 15 is 0 Å². The molecule has 0 unspecified atom stereocenters. The SMILES string of the molecule is COc1ccc2oc(CN[C@H]3CCOC3)cc2c1. The van der Waals surface area contributed by atoms with E-state index in [4.69, 9.17) is 13.9 Å². The van der Waals surface area contributed by atoms with Gasteiger partial charge in [0, 0.05) is 18.0 Å². The quantitative estimate of drug-likeness (QED) is 0.900. The number of benzene rings is 1. The van der Waals surface area contributed by atoms with Gasteiger partial charge in [-0.15, -0.1) is 0 Å². The van der Waals surface area contributed by atoms with Crippen LogP contribution < -0.4 is 10.1 Å². The largest absolute Gasteiger partial charge is 0.497 e. The number of rotatable bonds is 4. The first-order valence-electron chi connectivity index (χ1n) is 6.23. The summed E-state index contributed by atoms with van der Waals surface area (Å²) in [4.78, 5) is 0. The zero-order chi connectivity index (χ0) is 12.4. The van der Waals surface area contributed by atoms with Gasteiger partial charge in [-0.1, -0.05) is 0 Å². The lowest BCUT2D eigenvalue weighted by atomic mass is 10.2. The van der Waals surface area contributed by atoms with Crippen LogP contribution in [-0.4, -0.2) is 26.4 Å². The smallest absolute Gasteiger partial charge is 0.134 e. The second-order valence-electron chi connectivity index (χ2n) is 4.56. The molecule has 4 heteroatoms. The summed E-state index contributed by atoms with van der Waals surface area (Å²) in [6.07, 6.45) is 1.08. The average Bonchev–Trinajstić information content (AvgIpc) is 3.04. The topological polar surface area (TPSA) is 43.6 Å². The monoisotopic (exact) mass is 247 g/mol. The summed E-state index contributed by atoms with van der Waals surface area (Å²) in [6.45, 7) is 2.40. The number of fused-ring (bicyclic) bond motifs is 1. The second kappa shape index (κ2) is 5.00. The molecule has 1 saturated heterocycles. The molecule has 1 atom stereocenters. The highest BCUT2D eigenvalue weighted by atomic mass is 16.5. The number of ether oxygens (including phenoxy) is 2. The minimum Gasteiger partial charge on any atom is -0.497 e. The maximum Gasteiger partial charge on any atom is 0.134 e. The minimum atomic E-state index is 0.452. The van der Waals surface area contributed by atoms with Gasteiger partial charge in [0.2, 0.25) is 0 Å². The van der Waals surface area contributed by atoms with E-state index < -0.39 is 0 Å². The van der Waals surface area contributed by atoms with E-state index in [1.165, 1.54) is 0 Å². The molecule has 18 heavy (non-hydrogen) atoms. The van der Waals surface area contributed by atoms with E-state index in [2.05, 4.69) is 11.4 Å². The summed E-state index contributed by atoms with van der Waals surface area (Å²) in [5, 5.41) is 4.52. The Bertz CT molecular complexity index is 529. The van der Waals surface area contributed by atoms with Crippen molar-refractivity contribution in [1.29, 1.82) is 0 Å². The predicted molar refractivity (Wildman–Crippen MR) is 68.8 cm³/mol. The molecule has 0 aliphatic carbocycles. The summed E-state index contributed by atoms with van der Waals surface area (Å²) < 4.78 is 16.3.